The molecule has 3 rings (SSSR count). The molecule has 0 atom stereocenters. The summed E-state index contributed by atoms with van der Waals surface area (Å²) in [5, 5.41) is 25.9. The number of anilines is 1. The van der Waals surface area contributed by atoms with Crippen molar-refractivity contribution in [3.63, 3.8) is 0 Å². The number of nitrogens with zero attached hydrogens (tertiary/aromatic N) is 4. The smallest absolute Gasteiger partial charge is 0.269 e. The van der Waals surface area contributed by atoms with Crippen LogP contribution in [0.1, 0.15) is 44.0 Å². The summed E-state index contributed by atoms with van der Waals surface area (Å²) in [6, 6.07) is 6.63. The van der Waals surface area contributed by atoms with Crippen LogP contribution in [-0.4, -0.2) is 44.4 Å². The van der Waals surface area contributed by atoms with Crippen molar-refractivity contribution in [2.75, 3.05) is 24.2 Å². The Morgan fingerprint density at radius 2 is 1.93 bits per heavy atom. The fourth-order valence-electron chi connectivity index (χ4n) is 3.50. The Morgan fingerprint density at radius 1 is 1.21 bits per heavy atom. The second kappa shape index (κ2) is 10.2. The lowest BCUT2D eigenvalue weighted by atomic mass is 9.95. The van der Waals surface area contributed by atoms with Crippen LogP contribution < -0.4 is 10.6 Å². The molecule has 1 aromatic heterocycles. The van der Waals surface area contributed by atoms with Crippen molar-refractivity contribution in [1.82, 2.24) is 20.1 Å². The van der Waals surface area contributed by atoms with Gasteiger partial charge in [0.05, 0.1) is 10.7 Å². The number of aryl methyl sites for hydroxylation is 1. The number of rotatable bonds is 9. The van der Waals surface area contributed by atoms with Crippen LogP contribution in [0.2, 0.25) is 0 Å². The summed E-state index contributed by atoms with van der Waals surface area (Å²) in [5.41, 5.74) is 0.826. The van der Waals surface area contributed by atoms with E-state index in [0.29, 0.717) is 24.9 Å². The first-order valence-corrected chi connectivity index (χ1v) is 10.8. The molecule has 1 aliphatic rings. The van der Waals surface area contributed by atoms with Gasteiger partial charge in [0.2, 0.25) is 5.91 Å². The molecule has 10 heteroatoms. The summed E-state index contributed by atoms with van der Waals surface area (Å²) < 4.78 is 2.19. The Balaban J connectivity index is 1.40. The molecule has 1 aromatic carbocycles. The second-order valence-corrected chi connectivity index (χ2v) is 8.00. The zero-order valence-electron chi connectivity index (χ0n) is 16.5. The molecule has 156 valence electrons. The Hall–Kier alpha value is -2.62. The maximum Gasteiger partial charge on any atom is 0.269 e. The molecule has 9 nitrogen and oxygen atoms in total. The van der Waals surface area contributed by atoms with Crippen LogP contribution in [-0.2, 0) is 4.79 Å². The van der Waals surface area contributed by atoms with Crippen molar-refractivity contribution >= 4 is 29.0 Å². The van der Waals surface area contributed by atoms with E-state index in [2.05, 4.69) is 25.4 Å². The van der Waals surface area contributed by atoms with Gasteiger partial charge in [-0.1, -0.05) is 31.0 Å². The molecule has 1 aliphatic carbocycles. The third-order valence-corrected chi connectivity index (χ3v) is 5.90. The van der Waals surface area contributed by atoms with Gasteiger partial charge in [0.15, 0.2) is 5.16 Å². The average Bonchev–Trinajstić information content (AvgIpc) is 3.11. The minimum atomic E-state index is -0.432. The van der Waals surface area contributed by atoms with E-state index in [1.165, 1.54) is 43.2 Å². The van der Waals surface area contributed by atoms with Crippen molar-refractivity contribution in [3.05, 3.63) is 40.2 Å². The van der Waals surface area contributed by atoms with E-state index in [0.717, 1.165) is 29.5 Å². The number of carbonyl (C=O) groups excluding carboxylic acids is 1. The summed E-state index contributed by atoms with van der Waals surface area (Å²) in [5.74, 6) is 1.14. The summed E-state index contributed by atoms with van der Waals surface area (Å²) >= 11 is 1.42. The number of amides is 1. The van der Waals surface area contributed by atoms with Crippen molar-refractivity contribution in [2.45, 2.75) is 50.2 Å². The van der Waals surface area contributed by atoms with E-state index in [-0.39, 0.29) is 11.6 Å². The first kappa shape index (κ1) is 21.1. The van der Waals surface area contributed by atoms with Gasteiger partial charge in [-0.15, -0.1) is 10.2 Å². The van der Waals surface area contributed by atoms with Gasteiger partial charge in [-0.05, 0) is 31.9 Å². The molecular weight excluding hydrogens is 392 g/mol. The normalized spacial score (nSPS) is 14.5. The Labute approximate surface area is 173 Å². The van der Waals surface area contributed by atoms with Crippen LogP contribution in [0.15, 0.2) is 29.4 Å². The number of hydrogen-bond donors (Lipinski definition) is 2. The van der Waals surface area contributed by atoms with Gasteiger partial charge in [0, 0.05) is 37.0 Å². The molecule has 29 heavy (non-hydrogen) atoms. The highest BCUT2D eigenvalue weighted by Gasteiger charge is 2.21. The Morgan fingerprint density at radius 3 is 2.62 bits per heavy atom. The fraction of sp³-hybridized carbons (Fsp3) is 0.526. The molecule has 2 aromatic rings. The van der Waals surface area contributed by atoms with Crippen LogP contribution in [0.3, 0.4) is 0 Å². The lowest BCUT2D eigenvalue weighted by molar-refractivity contribution is -0.384. The molecule has 0 saturated heterocycles. The van der Waals surface area contributed by atoms with Crippen LogP contribution in [0, 0.1) is 17.0 Å². The van der Waals surface area contributed by atoms with Crippen LogP contribution in [0.4, 0.5) is 11.4 Å². The Kier molecular flexibility index (Phi) is 7.45. The number of nitro groups is 1. The zero-order valence-corrected chi connectivity index (χ0v) is 17.3. The Bertz CT molecular complexity index is 833. The number of nitrogens with one attached hydrogen (secondary N) is 2. The topological polar surface area (TPSA) is 115 Å². The van der Waals surface area contributed by atoms with Crippen molar-refractivity contribution in [2.24, 2.45) is 0 Å². The maximum atomic E-state index is 12.1. The van der Waals surface area contributed by atoms with Gasteiger partial charge in [-0.3, -0.25) is 14.9 Å². The number of carbonyl (C=O) groups is 1. The molecule has 0 radical (unpaired) electrons. The lowest BCUT2D eigenvalue weighted by Crippen LogP contribution is -2.30. The standard InChI is InChI=1S/C19H26N6O3S/c1-14-22-23-19(24(14)16-5-3-2-4-6-16)29-13-18(26)21-12-11-20-15-7-9-17(10-8-15)25(27)28/h7-10,16,20H,2-6,11-13H2,1H3,(H,21,26). The second-order valence-electron chi connectivity index (χ2n) is 7.06. The van der Waals surface area contributed by atoms with E-state index in [4.69, 9.17) is 0 Å². The van der Waals surface area contributed by atoms with Gasteiger partial charge in [-0.2, -0.15) is 0 Å². The van der Waals surface area contributed by atoms with E-state index in [1.54, 1.807) is 12.1 Å². The average molecular weight is 419 g/mol. The summed E-state index contributed by atoms with van der Waals surface area (Å²) in [6.07, 6.45) is 6.04. The minimum Gasteiger partial charge on any atom is -0.383 e. The number of non-ortho nitro benzene ring substituents is 1. The van der Waals surface area contributed by atoms with Crippen LogP contribution in [0.25, 0.3) is 0 Å². The molecule has 0 spiro atoms. The SMILES string of the molecule is Cc1nnc(SCC(=O)NCCNc2ccc([N+](=O)[O-])cc2)n1C1CCCCC1. The van der Waals surface area contributed by atoms with Crippen molar-refractivity contribution < 1.29 is 9.72 Å². The van der Waals surface area contributed by atoms with Gasteiger partial charge in [0.1, 0.15) is 5.82 Å². The van der Waals surface area contributed by atoms with E-state index < -0.39 is 4.92 Å². The van der Waals surface area contributed by atoms with Gasteiger partial charge in [-0.25, -0.2) is 0 Å². The molecule has 0 bridgehead atoms. The first-order valence-electron chi connectivity index (χ1n) is 9.84. The van der Waals surface area contributed by atoms with Crippen molar-refractivity contribution in [3.8, 4) is 0 Å². The number of thioether (sulfide) groups is 1. The first-order chi connectivity index (χ1) is 14.0. The predicted molar refractivity (Wildman–Crippen MR) is 112 cm³/mol. The maximum absolute atomic E-state index is 12.1. The molecule has 1 saturated carbocycles. The molecule has 0 aliphatic heterocycles. The third-order valence-electron chi connectivity index (χ3n) is 4.96. The lowest BCUT2D eigenvalue weighted by Gasteiger charge is -2.24. The van der Waals surface area contributed by atoms with E-state index in [9.17, 15) is 14.9 Å². The molecule has 1 fully saturated rings. The van der Waals surface area contributed by atoms with Crippen LogP contribution in [0.5, 0.6) is 0 Å². The quantitative estimate of drug-likeness (QED) is 0.278. The van der Waals surface area contributed by atoms with Crippen LogP contribution >= 0.6 is 11.8 Å². The fourth-order valence-corrected chi connectivity index (χ4v) is 4.38. The van der Waals surface area contributed by atoms with Gasteiger partial charge >= 0.3 is 0 Å². The highest BCUT2D eigenvalue weighted by atomic mass is 32.2. The van der Waals surface area contributed by atoms with E-state index in [1.807, 2.05) is 6.92 Å². The minimum absolute atomic E-state index is 0.0530. The molecule has 1 heterocycles. The van der Waals surface area contributed by atoms with Gasteiger partial charge in [0.25, 0.3) is 5.69 Å². The zero-order chi connectivity index (χ0) is 20.6. The summed E-state index contributed by atoms with van der Waals surface area (Å²) in [4.78, 5) is 22.4. The number of nitro benzene ring substituents is 1. The summed E-state index contributed by atoms with van der Waals surface area (Å²) in [6.45, 7) is 2.96. The molecule has 1 amide bonds. The summed E-state index contributed by atoms with van der Waals surface area (Å²) in [7, 11) is 0. The largest absolute Gasteiger partial charge is 0.383 e. The number of aromatic nitrogens is 3. The van der Waals surface area contributed by atoms with Crippen molar-refractivity contribution in [1.29, 1.82) is 0 Å². The highest BCUT2D eigenvalue weighted by Crippen LogP contribution is 2.32. The monoisotopic (exact) mass is 418 g/mol. The number of hydrogen-bond acceptors (Lipinski definition) is 7. The van der Waals surface area contributed by atoms with E-state index >= 15 is 0 Å². The molecular formula is C19H26N6O3S. The molecule has 0 unspecified atom stereocenters. The third kappa shape index (κ3) is 5.93. The van der Waals surface area contributed by atoms with Gasteiger partial charge < -0.3 is 15.2 Å². The molecule has 2 N–H and O–H groups in total. The predicted octanol–water partition coefficient (Wildman–Crippen LogP) is 3.32. The highest BCUT2D eigenvalue weighted by molar-refractivity contribution is 7.99. The number of benzene rings is 1.